The molecule has 4 rings (SSSR count). The fraction of sp³-hybridized carbons (Fsp3) is 0.238. The first-order valence-electron chi connectivity index (χ1n) is 9.63. The molecule has 10 nitrogen and oxygen atoms in total. The lowest BCUT2D eigenvalue weighted by molar-refractivity contribution is -0.384. The molecule has 3 amide bonds. The number of hydrazone groups is 1. The topological polar surface area (TPSA) is 122 Å². The molecule has 164 valence electrons. The Bertz CT molecular complexity index is 1100. The number of hydrogen-bond acceptors (Lipinski definition) is 8. The smallest absolute Gasteiger partial charge is 0.289 e. The first-order chi connectivity index (χ1) is 15.4. The van der Waals surface area contributed by atoms with Gasteiger partial charge in [-0.05, 0) is 35.4 Å². The molecule has 0 saturated carbocycles. The van der Waals surface area contributed by atoms with Crippen LogP contribution < -0.4 is 4.74 Å². The first-order valence-corrected chi connectivity index (χ1v) is 10.6. The fourth-order valence-electron chi connectivity index (χ4n) is 3.52. The Labute approximate surface area is 187 Å². The molecule has 0 aliphatic carbocycles. The molecule has 2 aromatic carbocycles. The number of benzene rings is 2. The zero-order valence-electron chi connectivity index (χ0n) is 17.0. The molecule has 1 fully saturated rings. The third-order valence-corrected chi connectivity index (χ3v) is 6.07. The molecule has 2 aliphatic heterocycles. The Kier molecular flexibility index (Phi) is 5.91. The normalized spacial score (nSPS) is 18.2. The summed E-state index contributed by atoms with van der Waals surface area (Å²) in [6.45, 7) is -0.394. The molecule has 2 aliphatic rings. The van der Waals surface area contributed by atoms with E-state index in [1.54, 1.807) is 31.4 Å². The van der Waals surface area contributed by atoms with E-state index < -0.39 is 34.6 Å². The van der Waals surface area contributed by atoms with Gasteiger partial charge in [0.15, 0.2) is 0 Å². The van der Waals surface area contributed by atoms with E-state index in [2.05, 4.69) is 5.10 Å². The lowest BCUT2D eigenvalue weighted by Crippen LogP contribution is -2.40. The van der Waals surface area contributed by atoms with Crippen LogP contribution in [-0.2, 0) is 9.59 Å². The highest BCUT2D eigenvalue weighted by atomic mass is 32.2. The van der Waals surface area contributed by atoms with Crippen molar-refractivity contribution >= 4 is 40.2 Å². The van der Waals surface area contributed by atoms with E-state index in [4.69, 9.17) is 4.74 Å². The molecule has 0 N–H and O–H groups in total. The van der Waals surface area contributed by atoms with E-state index in [0.717, 1.165) is 22.2 Å². The number of hydrogen-bond donors (Lipinski definition) is 0. The molecule has 2 aromatic rings. The predicted octanol–water partition coefficient (Wildman–Crippen LogP) is 2.98. The van der Waals surface area contributed by atoms with Crippen LogP contribution in [0.15, 0.2) is 53.6 Å². The molecule has 11 heteroatoms. The van der Waals surface area contributed by atoms with Gasteiger partial charge in [0.25, 0.3) is 16.8 Å². The summed E-state index contributed by atoms with van der Waals surface area (Å²) in [4.78, 5) is 48.3. The Morgan fingerprint density at radius 3 is 2.44 bits per heavy atom. The summed E-state index contributed by atoms with van der Waals surface area (Å²) in [5.41, 5.74) is 1.97. The van der Waals surface area contributed by atoms with Crippen LogP contribution >= 0.6 is 11.8 Å². The number of nitro benzene ring substituents is 1. The molecular weight excluding hydrogens is 436 g/mol. The van der Waals surface area contributed by atoms with Crippen LogP contribution in [0.3, 0.4) is 0 Å². The van der Waals surface area contributed by atoms with Gasteiger partial charge < -0.3 is 4.74 Å². The molecule has 0 bridgehead atoms. The van der Waals surface area contributed by atoms with Crippen molar-refractivity contribution in [1.82, 2.24) is 9.91 Å². The Morgan fingerprint density at radius 1 is 1.19 bits per heavy atom. The summed E-state index contributed by atoms with van der Waals surface area (Å²) < 4.78 is 5.19. The van der Waals surface area contributed by atoms with Gasteiger partial charge in [0.05, 0.1) is 29.5 Å². The van der Waals surface area contributed by atoms with E-state index in [0.29, 0.717) is 23.4 Å². The molecular formula is C21H18N4O6S. The molecule has 1 unspecified atom stereocenters. The second-order valence-corrected chi connectivity index (χ2v) is 8.04. The summed E-state index contributed by atoms with van der Waals surface area (Å²) in [5, 5.41) is 16.2. The highest BCUT2D eigenvalue weighted by molar-refractivity contribution is 8.14. The molecule has 32 heavy (non-hydrogen) atoms. The number of rotatable bonds is 6. The van der Waals surface area contributed by atoms with Crippen molar-refractivity contribution < 1.29 is 24.0 Å². The Hall–Kier alpha value is -3.73. The molecule has 0 aromatic heterocycles. The average Bonchev–Trinajstić information content (AvgIpc) is 3.38. The number of thioether (sulfide) groups is 1. The largest absolute Gasteiger partial charge is 0.497 e. The number of nitrogens with zero attached hydrogens (tertiary/aromatic N) is 4. The lowest BCUT2D eigenvalue weighted by Gasteiger charge is -2.24. The maximum absolute atomic E-state index is 13.1. The third kappa shape index (κ3) is 4.19. The van der Waals surface area contributed by atoms with Crippen LogP contribution in [0.5, 0.6) is 5.75 Å². The Balaban J connectivity index is 1.63. The minimum atomic E-state index is -0.494. The van der Waals surface area contributed by atoms with E-state index >= 15 is 0 Å². The van der Waals surface area contributed by atoms with Crippen LogP contribution in [0.25, 0.3) is 0 Å². The molecule has 0 radical (unpaired) electrons. The zero-order chi connectivity index (χ0) is 22.8. The molecule has 0 spiro atoms. The minimum Gasteiger partial charge on any atom is -0.497 e. The number of methoxy groups -OCH3 is 1. The van der Waals surface area contributed by atoms with E-state index in [1.807, 2.05) is 12.1 Å². The standard InChI is InChI=1S/C21H18N4O6S/c1-31-16-8-4-14(5-9-16)18-10-17(13-2-6-15(7-3-13)25(29)30)22-24(18)19(26)11-23-20(27)12-32-21(23)28/h2-9,18H,10-12H2,1H3. The molecule has 2 heterocycles. The van der Waals surface area contributed by atoms with E-state index in [-0.39, 0.29) is 11.4 Å². The van der Waals surface area contributed by atoms with Gasteiger partial charge >= 0.3 is 0 Å². The van der Waals surface area contributed by atoms with Crippen LogP contribution in [0.4, 0.5) is 10.5 Å². The number of carbonyl (C=O) groups is 3. The van der Waals surface area contributed by atoms with Gasteiger partial charge in [0.1, 0.15) is 12.3 Å². The van der Waals surface area contributed by atoms with Crippen LogP contribution in [0.2, 0.25) is 0 Å². The number of amides is 3. The lowest BCUT2D eigenvalue weighted by atomic mass is 9.98. The van der Waals surface area contributed by atoms with E-state index in [1.165, 1.54) is 17.1 Å². The van der Waals surface area contributed by atoms with Gasteiger partial charge in [-0.3, -0.25) is 29.4 Å². The first kappa shape index (κ1) is 21.5. The zero-order valence-corrected chi connectivity index (χ0v) is 17.8. The summed E-state index contributed by atoms with van der Waals surface area (Å²) in [7, 11) is 1.55. The van der Waals surface area contributed by atoms with Gasteiger partial charge in [-0.1, -0.05) is 23.9 Å². The second kappa shape index (κ2) is 8.79. The number of non-ortho nitro benzene ring substituents is 1. The maximum Gasteiger partial charge on any atom is 0.289 e. The quantitative estimate of drug-likeness (QED) is 0.486. The second-order valence-electron chi connectivity index (χ2n) is 7.12. The number of carbonyl (C=O) groups excluding carboxylic acids is 3. The SMILES string of the molecule is COc1ccc(C2CC(c3ccc([N+](=O)[O-])cc3)=NN2C(=O)CN2C(=O)CSC2=O)cc1. The van der Waals surface area contributed by atoms with Crippen molar-refractivity contribution in [3.63, 3.8) is 0 Å². The van der Waals surface area contributed by atoms with Crippen LogP contribution in [0, 0.1) is 10.1 Å². The number of ether oxygens (including phenoxy) is 1. The number of nitro groups is 1. The molecule has 1 saturated heterocycles. The Morgan fingerprint density at radius 2 is 1.88 bits per heavy atom. The monoisotopic (exact) mass is 454 g/mol. The van der Waals surface area contributed by atoms with Gasteiger partial charge in [-0.15, -0.1) is 0 Å². The minimum absolute atomic E-state index is 0.0192. The third-order valence-electron chi connectivity index (χ3n) is 5.21. The number of imide groups is 1. The average molecular weight is 454 g/mol. The van der Waals surface area contributed by atoms with Crippen molar-refractivity contribution in [3.05, 3.63) is 69.8 Å². The van der Waals surface area contributed by atoms with Crippen molar-refractivity contribution in [2.75, 3.05) is 19.4 Å². The summed E-state index contributed by atoms with van der Waals surface area (Å²) in [6, 6.07) is 12.6. The van der Waals surface area contributed by atoms with Crippen molar-refractivity contribution in [3.8, 4) is 5.75 Å². The van der Waals surface area contributed by atoms with Gasteiger partial charge in [0.2, 0.25) is 5.91 Å². The van der Waals surface area contributed by atoms with Gasteiger partial charge in [-0.2, -0.15) is 5.10 Å². The van der Waals surface area contributed by atoms with Crippen molar-refractivity contribution in [1.29, 1.82) is 0 Å². The van der Waals surface area contributed by atoms with Gasteiger partial charge in [0, 0.05) is 18.6 Å². The van der Waals surface area contributed by atoms with E-state index in [9.17, 15) is 24.5 Å². The summed E-state index contributed by atoms with van der Waals surface area (Å²) in [6.07, 6.45) is 0.368. The maximum atomic E-state index is 13.1. The highest BCUT2D eigenvalue weighted by Gasteiger charge is 2.37. The fourth-order valence-corrected chi connectivity index (χ4v) is 4.24. The van der Waals surface area contributed by atoms with Crippen LogP contribution in [-0.4, -0.2) is 57.0 Å². The summed E-state index contributed by atoms with van der Waals surface area (Å²) >= 11 is 0.862. The van der Waals surface area contributed by atoms with Crippen LogP contribution in [0.1, 0.15) is 23.6 Å². The van der Waals surface area contributed by atoms with Gasteiger partial charge in [-0.25, -0.2) is 5.01 Å². The van der Waals surface area contributed by atoms with Crippen molar-refractivity contribution in [2.45, 2.75) is 12.5 Å². The summed E-state index contributed by atoms with van der Waals surface area (Å²) in [5.74, 6) is -0.225. The molecule has 1 atom stereocenters. The predicted molar refractivity (Wildman–Crippen MR) is 116 cm³/mol. The highest BCUT2D eigenvalue weighted by Crippen LogP contribution is 2.34. The van der Waals surface area contributed by atoms with Crippen molar-refractivity contribution in [2.24, 2.45) is 5.10 Å².